The Hall–Kier alpha value is -2.35. The lowest BCUT2D eigenvalue weighted by Crippen LogP contribution is -2.06. The number of hydrogen-bond acceptors (Lipinski definition) is 1. The van der Waals surface area contributed by atoms with Gasteiger partial charge in [-0.1, -0.05) is 36.4 Å². The van der Waals surface area contributed by atoms with E-state index in [0.29, 0.717) is 6.42 Å². The second-order valence-corrected chi connectivity index (χ2v) is 4.30. The number of hydrogen-bond donors (Lipinski definition) is 0. The van der Waals surface area contributed by atoms with Crippen molar-refractivity contribution in [2.45, 2.75) is 6.42 Å². The summed E-state index contributed by atoms with van der Waals surface area (Å²) in [5.74, 6) is 0.146. The highest BCUT2D eigenvalue weighted by atomic mass is 16.1. The zero-order valence-electron chi connectivity index (χ0n) is 9.91. The smallest absolute Gasteiger partial charge is 0.183 e. The normalized spacial score (nSPS) is 10.7. The van der Waals surface area contributed by atoms with Crippen LogP contribution in [0.2, 0.25) is 0 Å². The highest BCUT2D eigenvalue weighted by Crippen LogP contribution is 2.12. The molecule has 0 spiro atoms. The number of nitrogens with zero attached hydrogens (tertiary/aromatic N) is 1. The molecule has 1 aromatic carbocycles. The van der Waals surface area contributed by atoms with Crippen molar-refractivity contribution in [3.05, 3.63) is 78.1 Å². The predicted octanol–water partition coefficient (Wildman–Crippen LogP) is 3.36. The standard InChI is InChI=1S/C16H13NO/c18-16(12-13-6-2-1-3-7-13)15-10-9-14-8-4-5-11-17(14)15/h1-11H,12H2. The van der Waals surface area contributed by atoms with Gasteiger partial charge >= 0.3 is 0 Å². The topological polar surface area (TPSA) is 21.5 Å². The summed E-state index contributed by atoms with van der Waals surface area (Å²) < 4.78 is 1.94. The third-order valence-electron chi connectivity index (χ3n) is 3.06. The van der Waals surface area contributed by atoms with Crippen LogP contribution < -0.4 is 0 Å². The Morgan fingerprint density at radius 3 is 2.50 bits per heavy atom. The van der Waals surface area contributed by atoms with Gasteiger partial charge in [0.25, 0.3) is 0 Å². The van der Waals surface area contributed by atoms with Gasteiger partial charge in [0.15, 0.2) is 5.78 Å². The summed E-state index contributed by atoms with van der Waals surface area (Å²) in [5.41, 5.74) is 2.84. The van der Waals surface area contributed by atoms with E-state index in [4.69, 9.17) is 0 Å². The van der Waals surface area contributed by atoms with Crippen LogP contribution in [0.3, 0.4) is 0 Å². The van der Waals surface area contributed by atoms with Gasteiger partial charge in [-0.3, -0.25) is 4.79 Å². The van der Waals surface area contributed by atoms with E-state index in [1.165, 1.54) is 0 Å². The molecule has 2 heterocycles. The second kappa shape index (κ2) is 4.49. The zero-order valence-corrected chi connectivity index (χ0v) is 9.91. The van der Waals surface area contributed by atoms with Crippen LogP contribution in [0.1, 0.15) is 16.1 Å². The molecule has 3 aromatic rings. The summed E-state index contributed by atoms with van der Waals surface area (Å²) in [7, 11) is 0. The number of carbonyl (C=O) groups excluding carboxylic acids is 1. The van der Waals surface area contributed by atoms with E-state index in [0.717, 1.165) is 16.8 Å². The number of aromatic nitrogens is 1. The van der Waals surface area contributed by atoms with Crippen LogP contribution in [-0.2, 0) is 6.42 Å². The molecule has 0 fully saturated rings. The molecule has 0 amide bonds. The van der Waals surface area contributed by atoms with Gasteiger partial charge in [0.2, 0.25) is 0 Å². The maximum atomic E-state index is 12.3. The molecular formula is C16H13NO. The molecule has 88 valence electrons. The molecule has 0 radical (unpaired) electrons. The Morgan fingerprint density at radius 2 is 1.67 bits per heavy atom. The first-order valence-corrected chi connectivity index (χ1v) is 5.98. The van der Waals surface area contributed by atoms with Crippen molar-refractivity contribution in [1.82, 2.24) is 4.40 Å². The first kappa shape index (κ1) is 10.8. The molecule has 3 rings (SSSR count). The van der Waals surface area contributed by atoms with E-state index >= 15 is 0 Å². The Bertz CT molecular complexity index is 682. The van der Waals surface area contributed by atoms with Gasteiger partial charge in [0.05, 0.1) is 5.69 Å². The number of Topliss-reactive ketones (excluding diaryl/α,β-unsaturated/α-hetero) is 1. The molecule has 0 N–H and O–H groups in total. The van der Waals surface area contributed by atoms with Crippen LogP contribution in [0.15, 0.2) is 66.9 Å². The van der Waals surface area contributed by atoms with E-state index in [-0.39, 0.29) is 5.78 Å². The van der Waals surface area contributed by atoms with Crippen LogP contribution >= 0.6 is 0 Å². The van der Waals surface area contributed by atoms with Crippen LogP contribution in [0.4, 0.5) is 0 Å². The number of carbonyl (C=O) groups is 1. The van der Waals surface area contributed by atoms with Gasteiger partial charge in [-0.05, 0) is 29.8 Å². The third-order valence-corrected chi connectivity index (χ3v) is 3.06. The van der Waals surface area contributed by atoms with Crippen molar-refractivity contribution in [3.63, 3.8) is 0 Å². The number of rotatable bonds is 3. The first-order valence-electron chi connectivity index (χ1n) is 5.98. The lowest BCUT2D eigenvalue weighted by Gasteiger charge is -2.02. The molecule has 0 bridgehead atoms. The molecule has 2 nitrogen and oxygen atoms in total. The molecule has 0 atom stereocenters. The van der Waals surface area contributed by atoms with Crippen LogP contribution in [-0.4, -0.2) is 10.2 Å². The van der Waals surface area contributed by atoms with Crippen molar-refractivity contribution in [1.29, 1.82) is 0 Å². The summed E-state index contributed by atoms with van der Waals surface area (Å²) in [6, 6.07) is 19.6. The van der Waals surface area contributed by atoms with Crippen molar-refractivity contribution in [2.24, 2.45) is 0 Å². The Morgan fingerprint density at radius 1 is 0.889 bits per heavy atom. The van der Waals surface area contributed by atoms with Gasteiger partial charge in [0.1, 0.15) is 0 Å². The zero-order chi connectivity index (χ0) is 12.4. The van der Waals surface area contributed by atoms with E-state index in [2.05, 4.69) is 0 Å². The fourth-order valence-corrected chi connectivity index (χ4v) is 2.16. The average molecular weight is 235 g/mol. The van der Waals surface area contributed by atoms with E-state index in [1.54, 1.807) is 0 Å². The summed E-state index contributed by atoms with van der Waals surface area (Å²) in [6.07, 6.45) is 2.37. The number of benzene rings is 1. The minimum Gasteiger partial charge on any atom is -0.314 e. The van der Waals surface area contributed by atoms with Crippen LogP contribution in [0, 0.1) is 0 Å². The predicted molar refractivity (Wildman–Crippen MR) is 71.9 cm³/mol. The van der Waals surface area contributed by atoms with E-state index in [1.807, 2.05) is 71.3 Å². The minimum absolute atomic E-state index is 0.146. The van der Waals surface area contributed by atoms with Crippen molar-refractivity contribution in [2.75, 3.05) is 0 Å². The molecule has 0 aliphatic rings. The Labute approximate surface area is 105 Å². The molecule has 0 saturated heterocycles. The van der Waals surface area contributed by atoms with E-state index in [9.17, 15) is 4.79 Å². The first-order chi connectivity index (χ1) is 8.84. The Kier molecular flexibility index (Phi) is 2.69. The summed E-state index contributed by atoms with van der Waals surface area (Å²) in [5, 5.41) is 0. The summed E-state index contributed by atoms with van der Waals surface area (Å²) in [6.45, 7) is 0. The van der Waals surface area contributed by atoms with Gasteiger partial charge in [-0.2, -0.15) is 0 Å². The van der Waals surface area contributed by atoms with Gasteiger partial charge in [-0.25, -0.2) is 0 Å². The van der Waals surface area contributed by atoms with Gasteiger partial charge in [-0.15, -0.1) is 0 Å². The molecule has 0 aliphatic heterocycles. The molecule has 0 unspecified atom stereocenters. The molecule has 18 heavy (non-hydrogen) atoms. The quantitative estimate of drug-likeness (QED) is 0.638. The third kappa shape index (κ3) is 1.93. The number of fused-ring (bicyclic) bond motifs is 1. The van der Waals surface area contributed by atoms with Crippen LogP contribution in [0.5, 0.6) is 0 Å². The SMILES string of the molecule is O=C(Cc1ccccc1)c1ccc2ccccn12. The summed E-state index contributed by atoms with van der Waals surface area (Å²) in [4.78, 5) is 12.3. The lowest BCUT2D eigenvalue weighted by molar-refractivity contribution is 0.0987. The lowest BCUT2D eigenvalue weighted by atomic mass is 10.1. The van der Waals surface area contributed by atoms with Crippen molar-refractivity contribution >= 4 is 11.3 Å². The Balaban J connectivity index is 1.93. The fourth-order valence-electron chi connectivity index (χ4n) is 2.16. The monoisotopic (exact) mass is 235 g/mol. The maximum Gasteiger partial charge on any atom is 0.183 e. The molecule has 0 saturated carbocycles. The molecule has 2 heteroatoms. The summed E-state index contributed by atoms with van der Waals surface area (Å²) >= 11 is 0. The molecule has 2 aromatic heterocycles. The average Bonchev–Trinajstić information content (AvgIpc) is 2.84. The van der Waals surface area contributed by atoms with Gasteiger partial charge in [0, 0.05) is 18.1 Å². The molecule has 0 aliphatic carbocycles. The maximum absolute atomic E-state index is 12.3. The second-order valence-electron chi connectivity index (χ2n) is 4.30. The fraction of sp³-hybridized carbons (Fsp3) is 0.0625. The molecular weight excluding hydrogens is 222 g/mol. The number of pyridine rings is 1. The van der Waals surface area contributed by atoms with E-state index < -0.39 is 0 Å². The van der Waals surface area contributed by atoms with Gasteiger partial charge < -0.3 is 4.40 Å². The highest BCUT2D eigenvalue weighted by molar-refractivity contribution is 5.97. The van der Waals surface area contributed by atoms with Crippen LogP contribution in [0.25, 0.3) is 5.52 Å². The number of ketones is 1. The highest BCUT2D eigenvalue weighted by Gasteiger charge is 2.10. The largest absolute Gasteiger partial charge is 0.314 e. The van der Waals surface area contributed by atoms with Crippen molar-refractivity contribution in [3.8, 4) is 0 Å². The van der Waals surface area contributed by atoms with Crippen molar-refractivity contribution < 1.29 is 4.79 Å². The minimum atomic E-state index is 0.146.